The molecule has 0 saturated carbocycles. The van der Waals surface area contributed by atoms with Gasteiger partial charge in [0.25, 0.3) is 0 Å². The first kappa shape index (κ1) is 42.2. The van der Waals surface area contributed by atoms with Gasteiger partial charge in [-0.15, -0.1) is 0 Å². The van der Waals surface area contributed by atoms with E-state index in [1.807, 2.05) is 0 Å². The molecule has 1 aromatic heterocycles. The Balaban J connectivity index is 1.12. The molecule has 0 spiro atoms. The van der Waals surface area contributed by atoms with Crippen molar-refractivity contribution in [3.8, 4) is 22.3 Å². The van der Waals surface area contributed by atoms with E-state index >= 15 is 0 Å². The zero-order chi connectivity index (χ0) is 47.4. The second-order valence-corrected chi connectivity index (χ2v) is 19.1. The number of furan rings is 1. The fourth-order valence-electron chi connectivity index (χ4n) is 11.5. The monoisotopic (exact) mass is 910 g/mol. The zero-order valence-corrected chi connectivity index (χ0v) is 39.5. The van der Waals surface area contributed by atoms with Crippen molar-refractivity contribution in [3.05, 3.63) is 307 Å². The lowest BCUT2D eigenvalue weighted by molar-refractivity contribution is 0.595. The maximum Gasteiger partial charge on any atom is 0.140 e. The minimum atomic E-state index is -0.810. The maximum absolute atomic E-state index is 7.10. The van der Waals surface area contributed by atoms with Crippen LogP contribution in [0.4, 0.5) is 28.4 Å². The molecule has 0 amide bonds. The number of hydrogen-bond donors (Lipinski definition) is 0. The molecular weight excluding hydrogens is 861 g/mol. The predicted molar refractivity (Wildman–Crippen MR) is 295 cm³/mol. The standard InChI is InChI=1S/C68H50N2O/c1-67(50-23-8-3-9-24-50)43-41-55(42-44-67)70(53-27-12-5-13-28-53)57-46-51(45-56(47-57)69(52-25-10-4-11-26-52)54-39-37-49(38-40-54)48-21-6-2-7-22-48)68(62-33-17-14-29-58(62)59-30-15-18-34-63(59)68)64-35-20-32-61-60-31-16-19-36-65(60)71-66(61)64/h2-43,45-47H,44H2,1H3. The summed E-state index contributed by atoms with van der Waals surface area (Å²) < 4.78 is 7.10. The van der Waals surface area contributed by atoms with Crippen LogP contribution in [-0.4, -0.2) is 0 Å². The van der Waals surface area contributed by atoms with Gasteiger partial charge in [0.05, 0.1) is 5.41 Å². The smallest absolute Gasteiger partial charge is 0.140 e. The van der Waals surface area contributed by atoms with Gasteiger partial charge in [-0.1, -0.05) is 213 Å². The number of hydrogen-bond acceptors (Lipinski definition) is 3. The first-order chi connectivity index (χ1) is 35.1. The normalized spacial score (nSPS) is 15.5. The fraction of sp³-hybridized carbons (Fsp3) is 0.0588. The zero-order valence-electron chi connectivity index (χ0n) is 39.5. The number of anilines is 5. The Morgan fingerprint density at radius 2 is 0.901 bits per heavy atom. The Kier molecular flexibility index (Phi) is 10.2. The van der Waals surface area contributed by atoms with E-state index in [9.17, 15) is 0 Å². The van der Waals surface area contributed by atoms with Crippen LogP contribution in [0.1, 0.15) is 41.2 Å². The van der Waals surface area contributed by atoms with Gasteiger partial charge in [0.1, 0.15) is 11.2 Å². The topological polar surface area (TPSA) is 19.6 Å². The Morgan fingerprint density at radius 3 is 1.55 bits per heavy atom. The van der Waals surface area contributed by atoms with Crippen molar-refractivity contribution in [1.82, 2.24) is 0 Å². The molecule has 0 radical (unpaired) electrons. The van der Waals surface area contributed by atoms with Gasteiger partial charge in [-0.3, -0.25) is 0 Å². The van der Waals surface area contributed by atoms with Crippen LogP contribution in [0.15, 0.2) is 283 Å². The van der Waals surface area contributed by atoms with Gasteiger partial charge in [-0.05, 0) is 118 Å². The van der Waals surface area contributed by atoms with Gasteiger partial charge in [0, 0.05) is 55.9 Å². The van der Waals surface area contributed by atoms with E-state index in [-0.39, 0.29) is 5.41 Å². The predicted octanol–water partition coefficient (Wildman–Crippen LogP) is 18.0. The summed E-state index contributed by atoms with van der Waals surface area (Å²) in [6, 6.07) is 92.7. The highest BCUT2D eigenvalue weighted by molar-refractivity contribution is 6.07. The Labute approximate surface area is 415 Å². The molecule has 71 heavy (non-hydrogen) atoms. The third-order valence-electron chi connectivity index (χ3n) is 14.9. The second kappa shape index (κ2) is 17.2. The summed E-state index contributed by atoms with van der Waals surface area (Å²) in [4.78, 5) is 4.88. The second-order valence-electron chi connectivity index (χ2n) is 19.1. The summed E-state index contributed by atoms with van der Waals surface area (Å²) in [5.74, 6) is 0. The number of rotatable bonds is 10. The number of benzene rings is 10. The fourth-order valence-corrected chi connectivity index (χ4v) is 11.5. The summed E-state index contributed by atoms with van der Waals surface area (Å²) >= 11 is 0. The van der Waals surface area contributed by atoms with E-state index in [4.69, 9.17) is 4.42 Å². The molecule has 13 rings (SSSR count). The molecule has 0 aliphatic heterocycles. The lowest BCUT2D eigenvalue weighted by atomic mass is 9.67. The lowest BCUT2D eigenvalue weighted by Crippen LogP contribution is -2.30. The molecule has 0 bridgehead atoms. The molecule has 1 unspecified atom stereocenters. The molecule has 338 valence electrons. The van der Waals surface area contributed by atoms with Gasteiger partial charge < -0.3 is 14.2 Å². The first-order valence-electron chi connectivity index (χ1n) is 24.6. The molecule has 3 nitrogen and oxygen atoms in total. The highest BCUT2D eigenvalue weighted by Crippen LogP contribution is 2.59. The third kappa shape index (κ3) is 7.04. The summed E-state index contributed by atoms with van der Waals surface area (Å²) in [5, 5.41) is 2.21. The summed E-state index contributed by atoms with van der Waals surface area (Å²) in [6.45, 7) is 2.34. The summed E-state index contributed by atoms with van der Waals surface area (Å²) in [5.41, 5.74) is 18.0. The Bertz CT molecular complexity index is 3750. The van der Waals surface area contributed by atoms with Gasteiger partial charge in [0.15, 0.2) is 0 Å². The van der Waals surface area contributed by atoms with E-state index in [1.165, 1.54) is 38.9 Å². The minimum absolute atomic E-state index is 0.150. The van der Waals surface area contributed by atoms with Crippen LogP contribution in [0.3, 0.4) is 0 Å². The first-order valence-corrected chi connectivity index (χ1v) is 24.6. The van der Waals surface area contributed by atoms with Gasteiger partial charge >= 0.3 is 0 Å². The van der Waals surface area contributed by atoms with Gasteiger partial charge in [-0.2, -0.15) is 0 Å². The van der Waals surface area contributed by atoms with Crippen molar-refractivity contribution in [2.75, 3.05) is 9.80 Å². The van der Waals surface area contributed by atoms with E-state index in [0.717, 1.165) is 73.6 Å². The highest BCUT2D eigenvalue weighted by Gasteiger charge is 2.48. The van der Waals surface area contributed by atoms with Crippen LogP contribution in [0.5, 0.6) is 0 Å². The average molecular weight is 911 g/mol. The van der Waals surface area contributed by atoms with Gasteiger partial charge in [0.2, 0.25) is 0 Å². The van der Waals surface area contributed by atoms with Crippen molar-refractivity contribution in [2.24, 2.45) is 0 Å². The Hall–Kier alpha value is -8.92. The maximum atomic E-state index is 7.10. The van der Waals surface area contributed by atoms with E-state index in [1.54, 1.807) is 0 Å². The van der Waals surface area contributed by atoms with Crippen LogP contribution < -0.4 is 9.80 Å². The van der Waals surface area contributed by atoms with Crippen LogP contribution >= 0.6 is 0 Å². The molecule has 3 heteroatoms. The molecular formula is C68H50N2O. The van der Waals surface area contributed by atoms with E-state index in [2.05, 4.69) is 290 Å². The lowest BCUT2D eigenvalue weighted by Gasteiger charge is -2.38. The van der Waals surface area contributed by atoms with E-state index in [0.29, 0.717) is 0 Å². The van der Waals surface area contributed by atoms with Gasteiger partial charge in [-0.25, -0.2) is 0 Å². The number of fused-ring (bicyclic) bond motifs is 6. The molecule has 2 aliphatic rings. The molecule has 1 heterocycles. The molecule has 2 aliphatic carbocycles. The molecule has 0 N–H and O–H groups in total. The average Bonchev–Trinajstić information content (AvgIpc) is 3.98. The molecule has 10 aromatic carbocycles. The molecule has 1 atom stereocenters. The minimum Gasteiger partial charge on any atom is -0.456 e. The van der Waals surface area contributed by atoms with Crippen LogP contribution in [0.25, 0.3) is 44.2 Å². The number of para-hydroxylation sites is 4. The van der Waals surface area contributed by atoms with Crippen LogP contribution in [0, 0.1) is 0 Å². The van der Waals surface area contributed by atoms with E-state index < -0.39 is 5.41 Å². The molecule has 0 saturated heterocycles. The SMILES string of the molecule is CC1(c2ccccc2)C=CC(N(c2ccccc2)c2cc(N(c3ccccc3)c3ccc(-c4ccccc4)cc3)cc(C3(c4cccc5c4oc4ccccc45)c4ccccc4-c4ccccc43)c2)=CC1. The molecule has 11 aromatic rings. The van der Waals surface area contributed by atoms with Crippen molar-refractivity contribution in [1.29, 1.82) is 0 Å². The largest absolute Gasteiger partial charge is 0.456 e. The molecule has 0 fully saturated rings. The Morgan fingerprint density at radius 1 is 0.394 bits per heavy atom. The summed E-state index contributed by atoms with van der Waals surface area (Å²) in [7, 11) is 0. The quantitative estimate of drug-likeness (QED) is 0.136. The number of allylic oxidation sites excluding steroid dienone is 3. The van der Waals surface area contributed by atoms with Crippen LogP contribution in [-0.2, 0) is 10.8 Å². The van der Waals surface area contributed by atoms with Crippen molar-refractivity contribution < 1.29 is 4.42 Å². The third-order valence-corrected chi connectivity index (χ3v) is 14.9. The van der Waals surface area contributed by atoms with Crippen molar-refractivity contribution in [2.45, 2.75) is 24.2 Å². The van der Waals surface area contributed by atoms with Crippen molar-refractivity contribution >= 4 is 50.4 Å². The summed E-state index contributed by atoms with van der Waals surface area (Å²) in [6.07, 6.45) is 8.00. The highest BCUT2D eigenvalue weighted by atomic mass is 16.3. The van der Waals surface area contributed by atoms with Crippen molar-refractivity contribution in [3.63, 3.8) is 0 Å². The van der Waals surface area contributed by atoms with Crippen LogP contribution in [0.2, 0.25) is 0 Å². The number of nitrogens with zero attached hydrogens (tertiary/aromatic N) is 2.